The number of carbonyl (C=O) groups is 1. The SMILES string of the molecule is CC(C)(C(=O)N1CCOC(c2nccnc2N)C1)n1cncn1. The minimum Gasteiger partial charge on any atom is -0.382 e. The van der Waals surface area contributed by atoms with Crippen molar-refractivity contribution in [1.29, 1.82) is 0 Å². The maximum Gasteiger partial charge on any atom is 0.250 e. The maximum absolute atomic E-state index is 12.9. The van der Waals surface area contributed by atoms with Gasteiger partial charge in [0.05, 0.1) is 13.2 Å². The number of carbonyl (C=O) groups excluding carboxylic acids is 1. The number of nitrogens with two attached hydrogens (primary N) is 1. The number of morpholine rings is 1. The topological polar surface area (TPSA) is 112 Å². The van der Waals surface area contributed by atoms with Crippen LogP contribution in [0.5, 0.6) is 0 Å². The molecule has 0 bridgehead atoms. The highest BCUT2D eigenvalue weighted by Gasteiger charge is 2.37. The van der Waals surface area contributed by atoms with Gasteiger partial charge in [-0.1, -0.05) is 0 Å². The molecule has 1 aliphatic heterocycles. The molecule has 0 saturated carbocycles. The number of nitrogens with zero attached hydrogens (tertiary/aromatic N) is 6. The van der Waals surface area contributed by atoms with E-state index in [1.54, 1.807) is 15.8 Å². The van der Waals surface area contributed by atoms with Crippen molar-refractivity contribution in [3.8, 4) is 0 Å². The average molecular weight is 317 g/mol. The molecule has 1 aliphatic rings. The predicted molar refractivity (Wildman–Crippen MR) is 81.1 cm³/mol. The molecule has 0 aromatic carbocycles. The van der Waals surface area contributed by atoms with E-state index in [2.05, 4.69) is 20.1 Å². The first-order valence-electron chi connectivity index (χ1n) is 7.32. The van der Waals surface area contributed by atoms with E-state index in [4.69, 9.17) is 10.5 Å². The van der Waals surface area contributed by atoms with E-state index in [0.717, 1.165) is 0 Å². The van der Waals surface area contributed by atoms with E-state index >= 15 is 0 Å². The fourth-order valence-corrected chi connectivity index (χ4v) is 2.59. The fraction of sp³-hybridized carbons (Fsp3) is 0.500. The average Bonchev–Trinajstić information content (AvgIpc) is 3.10. The van der Waals surface area contributed by atoms with E-state index in [1.807, 2.05) is 13.8 Å². The molecule has 0 aliphatic carbocycles. The molecule has 1 amide bonds. The van der Waals surface area contributed by atoms with Crippen LogP contribution in [0.1, 0.15) is 25.6 Å². The van der Waals surface area contributed by atoms with E-state index < -0.39 is 5.54 Å². The summed E-state index contributed by atoms with van der Waals surface area (Å²) in [7, 11) is 0. The summed E-state index contributed by atoms with van der Waals surface area (Å²) in [5, 5.41) is 4.08. The van der Waals surface area contributed by atoms with Crippen molar-refractivity contribution in [2.75, 3.05) is 25.4 Å². The maximum atomic E-state index is 12.9. The Balaban J connectivity index is 1.79. The molecule has 2 aromatic heterocycles. The van der Waals surface area contributed by atoms with Gasteiger partial charge in [0.1, 0.15) is 35.8 Å². The molecular weight excluding hydrogens is 298 g/mol. The first-order chi connectivity index (χ1) is 11.0. The molecule has 2 aromatic rings. The minimum atomic E-state index is -0.827. The summed E-state index contributed by atoms with van der Waals surface area (Å²) in [5.41, 5.74) is 5.59. The summed E-state index contributed by atoms with van der Waals surface area (Å²) in [6.45, 7) is 4.92. The molecule has 1 unspecified atom stereocenters. The van der Waals surface area contributed by atoms with Gasteiger partial charge >= 0.3 is 0 Å². The van der Waals surface area contributed by atoms with Gasteiger partial charge in [-0.05, 0) is 13.8 Å². The van der Waals surface area contributed by atoms with Gasteiger partial charge in [0.2, 0.25) is 5.91 Å². The third kappa shape index (κ3) is 2.87. The lowest BCUT2D eigenvalue weighted by atomic mass is 10.0. The second kappa shape index (κ2) is 5.92. The normalized spacial score (nSPS) is 18.9. The van der Waals surface area contributed by atoms with E-state index in [0.29, 0.717) is 31.2 Å². The van der Waals surface area contributed by atoms with Crippen molar-refractivity contribution >= 4 is 11.7 Å². The summed E-state index contributed by atoms with van der Waals surface area (Å²) in [5.74, 6) is 0.265. The Morgan fingerprint density at radius 1 is 1.39 bits per heavy atom. The lowest BCUT2D eigenvalue weighted by Crippen LogP contribution is -2.51. The Morgan fingerprint density at radius 3 is 2.87 bits per heavy atom. The standard InChI is InChI=1S/C14H19N7O2/c1-14(2,21-9-16-8-19-21)13(22)20-5-6-23-10(7-20)11-12(15)18-4-3-17-11/h3-4,8-10H,5-7H2,1-2H3,(H2,15,18). The Hall–Kier alpha value is -2.55. The van der Waals surface area contributed by atoms with Crippen molar-refractivity contribution in [1.82, 2.24) is 29.6 Å². The number of aromatic nitrogens is 5. The number of amides is 1. The van der Waals surface area contributed by atoms with Crippen molar-refractivity contribution in [2.24, 2.45) is 0 Å². The molecule has 3 heterocycles. The highest BCUT2D eigenvalue weighted by atomic mass is 16.5. The predicted octanol–water partition coefficient (Wildman–Crippen LogP) is -0.0145. The quantitative estimate of drug-likeness (QED) is 0.847. The number of hydrogen-bond donors (Lipinski definition) is 1. The van der Waals surface area contributed by atoms with Crippen molar-refractivity contribution < 1.29 is 9.53 Å². The molecular formula is C14H19N7O2. The van der Waals surface area contributed by atoms with Gasteiger partial charge in [-0.3, -0.25) is 9.78 Å². The van der Waals surface area contributed by atoms with E-state index in [9.17, 15) is 4.79 Å². The second-order valence-corrected chi connectivity index (χ2v) is 5.84. The van der Waals surface area contributed by atoms with Crippen LogP contribution in [-0.4, -0.2) is 55.2 Å². The second-order valence-electron chi connectivity index (χ2n) is 5.84. The lowest BCUT2D eigenvalue weighted by molar-refractivity contribution is -0.147. The van der Waals surface area contributed by atoms with Crippen LogP contribution in [0.2, 0.25) is 0 Å². The molecule has 23 heavy (non-hydrogen) atoms. The molecule has 9 nitrogen and oxygen atoms in total. The van der Waals surface area contributed by atoms with Gasteiger partial charge < -0.3 is 15.4 Å². The molecule has 1 fully saturated rings. The Morgan fingerprint density at radius 2 is 2.17 bits per heavy atom. The molecule has 1 saturated heterocycles. The third-order valence-electron chi connectivity index (χ3n) is 3.93. The van der Waals surface area contributed by atoms with E-state index in [1.165, 1.54) is 18.9 Å². The van der Waals surface area contributed by atoms with Crippen LogP contribution in [0.3, 0.4) is 0 Å². The van der Waals surface area contributed by atoms with Gasteiger partial charge in [0.25, 0.3) is 0 Å². The largest absolute Gasteiger partial charge is 0.382 e. The molecule has 3 rings (SSSR count). The summed E-state index contributed by atoms with van der Waals surface area (Å²) in [6, 6.07) is 0. The van der Waals surface area contributed by atoms with Gasteiger partial charge in [-0.2, -0.15) is 5.10 Å². The Bertz CT molecular complexity index is 686. The fourth-order valence-electron chi connectivity index (χ4n) is 2.59. The zero-order valence-electron chi connectivity index (χ0n) is 13.1. The van der Waals surface area contributed by atoms with Crippen LogP contribution in [0.15, 0.2) is 25.0 Å². The highest BCUT2D eigenvalue weighted by Crippen LogP contribution is 2.26. The van der Waals surface area contributed by atoms with Crippen molar-refractivity contribution in [2.45, 2.75) is 25.5 Å². The molecule has 1 atom stereocenters. The van der Waals surface area contributed by atoms with Crippen LogP contribution in [0.4, 0.5) is 5.82 Å². The van der Waals surface area contributed by atoms with Crippen molar-refractivity contribution in [3.05, 3.63) is 30.7 Å². The highest BCUT2D eigenvalue weighted by molar-refractivity contribution is 5.83. The number of ether oxygens (including phenoxy) is 1. The van der Waals surface area contributed by atoms with E-state index in [-0.39, 0.29) is 12.0 Å². The van der Waals surface area contributed by atoms with Crippen LogP contribution >= 0.6 is 0 Å². The third-order valence-corrected chi connectivity index (χ3v) is 3.93. The van der Waals surface area contributed by atoms with Gasteiger partial charge in [-0.25, -0.2) is 14.6 Å². The summed E-state index contributed by atoms with van der Waals surface area (Å²) < 4.78 is 7.27. The van der Waals surface area contributed by atoms with Gasteiger partial charge in [-0.15, -0.1) is 0 Å². The number of nitrogen functional groups attached to an aromatic ring is 1. The van der Waals surface area contributed by atoms with Crippen LogP contribution in [0, 0.1) is 0 Å². The Labute approximate surface area is 133 Å². The van der Waals surface area contributed by atoms with Gasteiger partial charge in [0.15, 0.2) is 0 Å². The molecule has 0 radical (unpaired) electrons. The zero-order valence-corrected chi connectivity index (χ0v) is 13.1. The minimum absolute atomic E-state index is 0.0567. The summed E-state index contributed by atoms with van der Waals surface area (Å²) >= 11 is 0. The molecule has 0 spiro atoms. The summed E-state index contributed by atoms with van der Waals surface area (Å²) in [6.07, 6.45) is 5.66. The Kier molecular flexibility index (Phi) is 3.95. The smallest absolute Gasteiger partial charge is 0.250 e. The number of rotatable bonds is 3. The number of anilines is 1. The molecule has 2 N–H and O–H groups in total. The number of hydrogen-bond acceptors (Lipinski definition) is 7. The lowest BCUT2D eigenvalue weighted by Gasteiger charge is -2.37. The van der Waals surface area contributed by atoms with Crippen molar-refractivity contribution in [3.63, 3.8) is 0 Å². The first kappa shape index (κ1) is 15.3. The van der Waals surface area contributed by atoms with Crippen LogP contribution in [-0.2, 0) is 15.1 Å². The van der Waals surface area contributed by atoms with Crippen LogP contribution in [0.25, 0.3) is 0 Å². The van der Waals surface area contributed by atoms with Gasteiger partial charge in [0, 0.05) is 18.9 Å². The van der Waals surface area contributed by atoms with Crippen LogP contribution < -0.4 is 5.73 Å². The molecule has 9 heteroatoms. The molecule has 122 valence electrons. The zero-order chi connectivity index (χ0) is 16.4. The first-order valence-corrected chi connectivity index (χ1v) is 7.32. The monoisotopic (exact) mass is 317 g/mol. The summed E-state index contributed by atoms with van der Waals surface area (Å²) in [4.78, 5) is 26.8.